The molecule has 0 radical (unpaired) electrons. The van der Waals surface area contributed by atoms with Crippen LogP contribution in [0.1, 0.15) is 24.0 Å². The van der Waals surface area contributed by atoms with Crippen molar-refractivity contribution in [2.45, 2.75) is 37.0 Å². The average Bonchev–Trinajstić information content (AvgIpc) is 2.72. The first-order valence-electron chi connectivity index (χ1n) is 7.57. The fraction of sp³-hybridized carbons (Fsp3) is 0.529. The van der Waals surface area contributed by atoms with Crippen LogP contribution in [-0.2, 0) is 12.0 Å². The molecule has 1 spiro atoms. The van der Waals surface area contributed by atoms with Crippen LogP contribution in [-0.4, -0.2) is 42.9 Å². The number of methoxy groups -OCH3 is 1. The molecule has 0 aromatic heterocycles. The van der Waals surface area contributed by atoms with Crippen molar-refractivity contribution in [3.63, 3.8) is 0 Å². The molecule has 4 nitrogen and oxygen atoms in total. The maximum absolute atomic E-state index is 9.97. The highest BCUT2D eigenvalue weighted by molar-refractivity contribution is 8.93. The summed E-state index contributed by atoms with van der Waals surface area (Å²) in [6.45, 7) is 1.96. The molecule has 120 valence electrons. The Hall–Kier alpha value is -1.04. The van der Waals surface area contributed by atoms with E-state index in [0.29, 0.717) is 6.42 Å². The van der Waals surface area contributed by atoms with Gasteiger partial charge in [0.05, 0.1) is 18.6 Å². The molecule has 3 unspecified atom stereocenters. The third-order valence-corrected chi connectivity index (χ3v) is 5.15. The summed E-state index contributed by atoms with van der Waals surface area (Å²) in [6.07, 6.45) is 5.38. The second-order valence-corrected chi connectivity index (χ2v) is 6.43. The molecule has 0 saturated heterocycles. The van der Waals surface area contributed by atoms with Gasteiger partial charge in [0.2, 0.25) is 0 Å². The summed E-state index contributed by atoms with van der Waals surface area (Å²) < 4.78 is 11.8. The lowest BCUT2D eigenvalue weighted by molar-refractivity contribution is 0.0821. The first-order valence-corrected chi connectivity index (χ1v) is 7.57. The number of rotatable bonds is 1. The molecule has 2 aliphatic heterocycles. The number of hydrogen-bond donors (Lipinski definition) is 1. The summed E-state index contributed by atoms with van der Waals surface area (Å²) in [5.41, 5.74) is 2.48. The number of aliphatic hydroxyl groups is 1. The lowest BCUT2D eigenvalue weighted by Crippen LogP contribution is -2.42. The summed E-state index contributed by atoms with van der Waals surface area (Å²) in [7, 11) is 3.84. The van der Waals surface area contributed by atoms with E-state index in [9.17, 15) is 5.11 Å². The molecular weight excluding hydrogens is 346 g/mol. The Balaban J connectivity index is 0.00000144. The van der Waals surface area contributed by atoms with Gasteiger partial charge in [-0.25, -0.2) is 0 Å². The van der Waals surface area contributed by atoms with Crippen molar-refractivity contribution >= 4 is 17.0 Å². The molecule has 0 fully saturated rings. The SMILES string of the molecule is Br.COc1ccc2c3c1OC1CC(O)C=CC31CCN(C)C2. The Morgan fingerprint density at radius 2 is 2.23 bits per heavy atom. The van der Waals surface area contributed by atoms with E-state index in [1.54, 1.807) is 7.11 Å². The maximum Gasteiger partial charge on any atom is 0.166 e. The Morgan fingerprint density at radius 1 is 1.41 bits per heavy atom. The third-order valence-electron chi connectivity index (χ3n) is 5.15. The van der Waals surface area contributed by atoms with Crippen LogP contribution in [0.4, 0.5) is 0 Å². The standard InChI is InChI=1S/C17H21NO3.BrH/c1-18-8-7-17-6-5-12(19)9-14(17)21-16-13(20-2)4-3-11(10-18)15(16)17;/h3-6,12,14,19H,7-10H2,1-2H3;1H. The van der Waals surface area contributed by atoms with Crippen molar-refractivity contribution in [1.82, 2.24) is 4.90 Å². The minimum Gasteiger partial charge on any atom is -0.493 e. The minimum absolute atomic E-state index is 0. The Bertz CT molecular complexity index is 618. The van der Waals surface area contributed by atoms with Crippen molar-refractivity contribution in [3.8, 4) is 11.5 Å². The summed E-state index contributed by atoms with van der Waals surface area (Å²) in [4.78, 5) is 2.35. The molecule has 5 heteroatoms. The van der Waals surface area contributed by atoms with Crippen molar-refractivity contribution < 1.29 is 14.6 Å². The predicted molar refractivity (Wildman–Crippen MR) is 90.1 cm³/mol. The molecule has 1 aromatic rings. The van der Waals surface area contributed by atoms with Crippen molar-refractivity contribution in [2.75, 3.05) is 20.7 Å². The van der Waals surface area contributed by atoms with E-state index in [2.05, 4.69) is 24.1 Å². The van der Waals surface area contributed by atoms with Gasteiger partial charge < -0.3 is 19.5 Å². The normalized spacial score (nSPS) is 32.3. The first kappa shape index (κ1) is 15.8. The van der Waals surface area contributed by atoms with E-state index < -0.39 is 6.10 Å². The van der Waals surface area contributed by atoms with E-state index in [1.165, 1.54) is 11.1 Å². The second kappa shape index (κ2) is 5.55. The molecule has 4 rings (SSSR count). The van der Waals surface area contributed by atoms with E-state index in [-0.39, 0.29) is 28.5 Å². The van der Waals surface area contributed by atoms with E-state index in [0.717, 1.165) is 31.0 Å². The molecule has 0 amide bonds. The van der Waals surface area contributed by atoms with E-state index in [1.807, 2.05) is 12.1 Å². The highest BCUT2D eigenvalue weighted by atomic mass is 79.9. The van der Waals surface area contributed by atoms with Crippen LogP contribution in [0.2, 0.25) is 0 Å². The highest BCUT2D eigenvalue weighted by Gasteiger charge is 2.52. The number of halogens is 1. The highest BCUT2D eigenvalue weighted by Crippen LogP contribution is 2.55. The van der Waals surface area contributed by atoms with Gasteiger partial charge in [-0.2, -0.15) is 0 Å². The van der Waals surface area contributed by atoms with E-state index >= 15 is 0 Å². The Kier molecular flexibility index (Phi) is 4.00. The summed E-state index contributed by atoms with van der Waals surface area (Å²) in [5, 5.41) is 9.97. The molecule has 1 aromatic carbocycles. The lowest BCUT2D eigenvalue weighted by atomic mass is 9.69. The van der Waals surface area contributed by atoms with Crippen LogP contribution in [0, 0.1) is 0 Å². The molecular formula is C17H22BrNO3. The first-order chi connectivity index (χ1) is 10.1. The number of aliphatic hydroxyl groups excluding tert-OH is 1. The van der Waals surface area contributed by atoms with Gasteiger partial charge in [-0.15, -0.1) is 17.0 Å². The van der Waals surface area contributed by atoms with Gasteiger partial charge in [0.25, 0.3) is 0 Å². The molecule has 3 aliphatic rings. The van der Waals surface area contributed by atoms with Crippen LogP contribution >= 0.6 is 17.0 Å². The Morgan fingerprint density at radius 3 is 3.00 bits per heavy atom. The van der Waals surface area contributed by atoms with Gasteiger partial charge >= 0.3 is 0 Å². The maximum atomic E-state index is 9.97. The number of ether oxygens (including phenoxy) is 2. The van der Waals surface area contributed by atoms with Crippen molar-refractivity contribution in [1.29, 1.82) is 0 Å². The van der Waals surface area contributed by atoms with Gasteiger partial charge in [0, 0.05) is 18.5 Å². The van der Waals surface area contributed by atoms with Crippen molar-refractivity contribution in [2.24, 2.45) is 0 Å². The number of nitrogens with zero attached hydrogens (tertiary/aromatic N) is 1. The monoisotopic (exact) mass is 367 g/mol. The summed E-state index contributed by atoms with van der Waals surface area (Å²) in [5.74, 6) is 1.68. The van der Waals surface area contributed by atoms with Crippen LogP contribution in [0.5, 0.6) is 11.5 Å². The molecule has 22 heavy (non-hydrogen) atoms. The predicted octanol–water partition coefficient (Wildman–Crippen LogP) is 2.43. The molecule has 2 heterocycles. The van der Waals surface area contributed by atoms with E-state index in [4.69, 9.17) is 9.47 Å². The zero-order valence-electron chi connectivity index (χ0n) is 12.9. The largest absolute Gasteiger partial charge is 0.493 e. The fourth-order valence-electron chi connectivity index (χ4n) is 4.08. The van der Waals surface area contributed by atoms with Crippen LogP contribution < -0.4 is 9.47 Å². The fourth-order valence-corrected chi connectivity index (χ4v) is 4.08. The zero-order chi connectivity index (χ0) is 14.6. The topological polar surface area (TPSA) is 41.9 Å². The Labute approximate surface area is 141 Å². The van der Waals surface area contributed by atoms with Crippen LogP contribution in [0.15, 0.2) is 24.3 Å². The zero-order valence-corrected chi connectivity index (χ0v) is 14.6. The van der Waals surface area contributed by atoms with Crippen LogP contribution in [0.3, 0.4) is 0 Å². The van der Waals surface area contributed by atoms with Gasteiger partial charge in [-0.3, -0.25) is 0 Å². The summed E-state index contributed by atoms with van der Waals surface area (Å²) >= 11 is 0. The van der Waals surface area contributed by atoms with Gasteiger partial charge in [0.15, 0.2) is 11.5 Å². The van der Waals surface area contributed by atoms with Crippen LogP contribution in [0.25, 0.3) is 0 Å². The van der Waals surface area contributed by atoms with Crippen molar-refractivity contribution in [3.05, 3.63) is 35.4 Å². The summed E-state index contributed by atoms with van der Waals surface area (Å²) in [6, 6.07) is 4.16. The molecule has 1 N–H and O–H groups in total. The third kappa shape index (κ3) is 2.10. The molecule has 0 bridgehead atoms. The number of hydrogen-bond acceptors (Lipinski definition) is 4. The smallest absolute Gasteiger partial charge is 0.166 e. The van der Waals surface area contributed by atoms with Gasteiger partial charge in [0.1, 0.15) is 6.10 Å². The average molecular weight is 368 g/mol. The number of benzene rings is 1. The van der Waals surface area contributed by atoms with Gasteiger partial charge in [-0.05, 0) is 31.6 Å². The minimum atomic E-state index is -0.412. The molecule has 0 saturated carbocycles. The van der Waals surface area contributed by atoms with Gasteiger partial charge in [-0.1, -0.05) is 18.2 Å². The molecule has 1 aliphatic carbocycles. The quantitative estimate of drug-likeness (QED) is 0.774. The second-order valence-electron chi connectivity index (χ2n) is 6.43. The lowest BCUT2D eigenvalue weighted by Gasteiger charge is -2.35. The molecule has 3 atom stereocenters.